The molecule has 10 nitrogen and oxygen atoms in total. The van der Waals surface area contributed by atoms with E-state index in [0.717, 1.165) is 31.4 Å². The van der Waals surface area contributed by atoms with Crippen molar-refractivity contribution in [1.29, 1.82) is 0 Å². The number of hydrogen-bond acceptors (Lipinski definition) is 7. The Morgan fingerprint density at radius 1 is 1.26 bits per heavy atom. The minimum atomic E-state index is -0.699. The van der Waals surface area contributed by atoms with Crippen molar-refractivity contribution < 1.29 is 19.2 Å². The third-order valence-corrected chi connectivity index (χ3v) is 6.72. The molecule has 35 heavy (non-hydrogen) atoms. The number of aromatic nitrogens is 3. The van der Waals surface area contributed by atoms with E-state index in [0.29, 0.717) is 28.2 Å². The van der Waals surface area contributed by atoms with Crippen molar-refractivity contribution in [3.05, 3.63) is 46.7 Å². The monoisotopic (exact) mass is 480 g/mol. The highest BCUT2D eigenvalue weighted by molar-refractivity contribution is 6.03. The Hall–Kier alpha value is -3.66. The molecule has 1 aliphatic rings. The van der Waals surface area contributed by atoms with Crippen LogP contribution in [0.15, 0.2) is 28.8 Å². The number of nitrogens with two attached hydrogens (primary N) is 2. The van der Waals surface area contributed by atoms with Crippen molar-refractivity contribution >= 4 is 23.5 Å². The van der Waals surface area contributed by atoms with Crippen LogP contribution in [0.5, 0.6) is 0 Å². The second-order valence-corrected chi connectivity index (χ2v) is 9.73. The Bertz CT molecular complexity index is 1250. The average molecular weight is 481 g/mol. The molecule has 1 saturated carbocycles. The zero-order valence-electron chi connectivity index (χ0n) is 20.3. The van der Waals surface area contributed by atoms with Gasteiger partial charge in [0.2, 0.25) is 5.91 Å². The van der Waals surface area contributed by atoms with Gasteiger partial charge in [0.05, 0.1) is 13.0 Å². The first kappa shape index (κ1) is 24.5. The van der Waals surface area contributed by atoms with E-state index < -0.39 is 5.91 Å². The number of carbonyl (C=O) groups is 2. The molecule has 0 unspecified atom stereocenters. The molecule has 0 bridgehead atoms. The molecular weight excluding hydrogens is 448 g/mol. The molecule has 0 spiro atoms. The summed E-state index contributed by atoms with van der Waals surface area (Å²) >= 11 is 0. The van der Waals surface area contributed by atoms with Gasteiger partial charge in [-0.25, -0.2) is 4.68 Å². The summed E-state index contributed by atoms with van der Waals surface area (Å²) in [5.74, 6) is 0.396. The number of amides is 2. The molecule has 2 aromatic heterocycles. The Balaban J connectivity index is 1.54. The molecule has 0 radical (unpaired) electrons. The van der Waals surface area contributed by atoms with Crippen LogP contribution < -0.4 is 16.8 Å². The topological polar surface area (TPSA) is 162 Å². The molecule has 0 saturated heterocycles. The lowest BCUT2D eigenvalue weighted by Gasteiger charge is -2.18. The van der Waals surface area contributed by atoms with Gasteiger partial charge in [-0.1, -0.05) is 43.1 Å². The van der Waals surface area contributed by atoms with Gasteiger partial charge in [0.1, 0.15) is 22.8 Å². The lowest BCUT2D eigenvalue weighted by Crippen LogP contribution is -2.16. The second-order valence-electron chi connectivity index (χ2n) is 9.73. The van der Waals surface area contributed by atoms with Crippen LogP contribution in [0.1, 0.15) is 79.7 Å². The molecule has 3 aromatic rings. The van der Waals surface area contributed by atoms with Gasteiger partial charge in [-0.15, -0.1) is 0 Å². The maximum atomic E-state index is 12.7. The van der Waals surface area contributed by atoms with Gasteiger partial charge in [-0.3, -0.25) is 9.59 Å². The zero-order valence-corrected chi connectivity index (χ0v) is 20.3. The van der Waals surface area contributed by atoms with Gasteiger partial charge in [0.15, 0.2) is 5.82 Å². The number of nitrogens with one attached hydrogen (secondary N) is 1. The van der Waals surface area contributed by atoms with Crippen LogP contribution in [0, 0.1) is 0 Å². The van der Waals surface area contributed by atoms with E-state index in [2.05, 4.69) is 22.5 Å². The maximum absolute atomic E-state index is 12.7. The number of nitrogen functional groups attached to an aromatic ring is 1. The molecule has 1 aliphatic carbocycles. The highest BCUT2D eigenvalue weighted by atomic mass is 16.5. The summed E-state index contributed by atoms with van der Waals surface area (Å²) in [6.07, 6.45) is 4.48. The predicted molar refractivity (Wildman–Crippen MR) is 132 cm³/mol. The minimum absolute atomic E-state index is 0.0302. The van der Waals surface area contributed by atoms with E-state index in [1.807, 2.05) is 13.8 Å². The molecule has 0 atom stereocenters. The fourth-order valence-corrected chi connectivity index (χ4v) is 4.78. The molecule has 1 fully saturated rings. The number of aliphatic hydroxyl groups excluding tert-OH is 1. The number of rotatable bonds is 8. The molecule has 6 N–H and O–H groups in total. The maximum Gasteiger partial charge on any atom is 0.254 e. The summed E-state index contributed by atoms with van der Waals surface area (Å²) in [6.45, 7) is 5.62. The quantitative estimate of drug-likeness (QED) is 0.384. The van der Waals surface area contributed by atoms with Crippen LogP contribution in [0.3, 0.4) is 0 Å². The number of aliphatic hydroxyl groups is 1. The minimum Gasteiger partial charge on any atom is -0.392 e. The first-order valence-electron chi connectivity index (χ1n) is 11.8. The highest BCUT2D eigenvalue weighted by Gasteiger charge is 2.34. The van der Waals surface area contributed by atoms with Gasteiger partial charge < -0.3 is 26.4 Å². The fourth-order valence-electron chi connectivity index (χ4n) is 4.78. The summed E-state index contributed by atoms with van der Waals surface area (Å²) in [7, 11) is 0. The van der Waals surface area contributed by atoms with E-state index in [1.54, 1.807) is 24.3 Å². The van der Waals surface area contributed by atoms with Crippen LogP contribution in [0.4, 0.5) is 11.6 Å². The Kier molecular flexibility index (Phi) is 6.66. The van der Waals surface area contributed by atoms with Crippen molar-refractivity contribution in [2.45, 2.75) is 70.9 Å². The van der Waals surface area contributed by atoms with Gasteiger partial charge >= 0.3 is 0 Å². The molecule has 10 heteroatoms. The summed E-state index contributed by atoms with van der Waals surface area (Å²) in [4.78, 5) is 24.8. The van der Waals surface area contributed by atoms with Crippen LogP contribution >= 0.6 is 0 Å². The molecular formula is C25H32N6O4. The third-order valence-electron chi connectivity index (χ3n) is 6.72. The fraction of sp³-hybridized carbons (Fsp3) is 0.440. The molecule has 186 valence electrons. The number of carbonyl (C=O) groups excluding carboxylic acids is 2. The molecule has 1 aromatic carbocycles. The molecule has 2 amide bonds. The molecule has 0 aliphatic heterocycles. The highest BCUT2D eigenvalue weighted by Crippen LogP contribution is 2.41. The normalized spacial score (nSPS) is 15.0. The Morgan fingerprint density at radius 2 is 1.97 bits per heavy atom. The smallest absolute Gasteiger partial charge is 0.254 e. The van der Waals surface area contributed by atoms with E-state index in [-0.39, 0.29) is 41.8 Å². The Morgan fingerprint density at radius 3 is 2.60 bits per heavy atom. The summed E-state index contributed by atoms with van der Waals surface area (Å²) in [6, 6.07) is 6.87. The first-order chi connectivity index (χ1) is 16.6. The van der Waals surface area contributed by atoms with Crippen molar-refractivity contribution in [2.24, 2.45) is 5.73 Å². The third kappa shape index (κ3) is 4.79. The number of nitrogens with zero attached hydrogens (tertiary/aromatic N) is 3. The predicted octanol–water partition coefficient (Wildman–Crippen LogP) is 3.31. The first-order valence-corrected chi connectivity index (χ1v) is 11.8. The van der Waals surface area contributed by atoms with Crippen molar-refractivity contribution in [3.63, 3.8) is 0 Å². The number of benzene rings is 1. The van der Waals surface area contributed by atoms with Crippen LogP contribution in [0.2, 0.25) is 0 Å². The van der Waals surface area contributed by atoms with E-state index in [1.165, 1.54) is 4.68 Å². The Labute approximate surface area is 203 Å². The van der Waals surface area contributed by atoms with E-state index in [9.17, 15) is 14.7 Å². The van der Waals surface area contributed by atoms with Gasteiger partial charge in [-0.05, 0) is 37.8 Å². The van der Waals surface area contributed by atoms with Crippen LogP contribution in [0.25, 0.3) is 11.3 Å². The largest absolute Gasteiger partial charge is 0.392 e. The standard InChI is InChI=1S/C25H32N6O4/c1-14(2)31-23(26)21(24(27)34)22(29-31)17-7-6-15(10-16(17)13-32)11-20(33)28-19-12-18(35-30-19)25(3)8-4-5-9-25/h6-7,10,12,14,32H,4-5,8-9,11,13,26H2,1-3H3,(H2,27,34)(H,28,30,33). The van der Waals surface area contributed by atoms with Crippen LogP contribution in [-0.4, -0.2) is 31.9 Å². The second kappa shape index (κ2) is 9.53. The summed E-state index contributed by atoms with van der Waals surface area (Å²) in [5, 5.41) is 21.3. The molecule has 4 rings (SSSR count). The van der Waals surface area contributed by atoms with E-state index >= 15 is 0 Å². The van der Waals surface area contributed by atoms with Gasteiger partial charge in [0, 0.05) is 23.1 Å². The zero-order chi connectivity index (χ0) is 25.3. The lowest BCUT2D eigenvalue weighted by molar-refractivity contribution is -0.115. The lowest BCUT2D eigenvalue weighted by atomic mass is 9.86. The summed E-state index contributed by atoms with van der Waals surface area (Å²) in [5.41, 5.74) is 13.8. The van der Waals surface area contributed by atoms with Crippen LogP contribution in [-0.2, 0) is 23.2 Å². The number of hydrogen-bond donors (Lipinski definition) is 4. The number of anilines is 2. The molecule has 2 heterocycles. The number of primary amides is 1. The SMILES string of the molecule is CC(C)n1nc(-c2ccc(CC(=O)Nc3cc(C4(C)CCCC4)on3)cc2CO)c(C(N)=O)c1N. The summed E-state index contributed by atoms with van der Waals surface area (Å²) < 4.78 is 7.03. The average Bonchev–Trinajstić information content (AvgIpc) is 3.53. The van der Waals surface area contributed by atoms with Crippen molar-refractivity contribution in [1.82, 2.24) is 14.9 Å². The van der Waals surface area contributed by atoms with Crippen molar-refractivity contribution in [2.75, 3.05) is 11.1 Å². The van der Waals surface area contributed by atoms with Gasteiger partial charge in [-0.2, -0.15) is 5.10 Å². The van der Waals surface area contributed by atoms with Crippen molar-refractivity contribution in [3.8, 4) is 11.3 Å². The van der Waals surface area contributed by atoms with E-state index in [4.69, 9.17) is 16.0 Å². The van der Waals surface area contributed by atoms with Gasteiger partial charge in [0.25, 0.3) is 5.91 Å².